The zero-order chi connectivity index (χ0) is 12.2. The molecule has 1 rings (SSSR count). The van der Waals surface area contributed by atoms with E-state index in [0.717, 1.165) is 6.54 Å². The summed E-state index contributed by atoms with van der Waals surface area (Å²) in [5.74, 6) is 6.68. The number of hydrogen-bond acceptors (Lipinski definition) is 1. The van der Waals surface area contributed by atoms with E-state index in [2.05, 4.69) is 11.8 Å². The number of likely N-dealkylation sites (tertiary alicyclic amines) is 1. The maximum atomic E-state index is 10.5. The number of aliphatic hydroxyl groups is 1. The zero-order valence-corrected chi connectivity index (χ0v) is 11.1. The molecular weight excluding hydrogens is 198 g/mol. The number of nitrogens with one attached hydrogen (secondary N) is 1. The van der Waals surface area contributed by atoms with Gasteiger partial charge in [-0.2, -0.15) is 0 Å². The monoisotopic (exact) mass is 224 g/mol. The third-order valence-corrected chi connectivity index (χ3v) is 3.70. The van der Waals surface area contributed by atoms with Gasteiger partial charge in [-0.3, -0.25) is 0 Å². The lowest BCUT2D eigenvalue weighted by Gasteiger charge is -2.30. The molecule has 2 N–H and O–H groups in total. The minimum atomic E-state index is -0.820. The Bertz CT molecular complexity index is 258. The highest BCUT2D eigenvalue weighted by Crippen LogP contribution is 2.24. The molecule has 0 bridgehead atoms. The molecule has 2 heteroatoms. The summed E-state index contributed by atoms with van der Waals surface area (Å²) in [6, 6.07) is 0. The van der Waals surface area contributed by atoms with Gasteiger partial charge in [-0.15, -0.1) is 0 Å². The van der Waals surface area contributed by atoms with Crippen molar-refractivity contribution in [2.24, 2.45) is 11.8 Å². The molecule has 0 atom stereocenters. The summed E-state index contributed by atoms with van der Waals surface area (Å²) in [5.41, 5.74) is -0.820. The third kappa shape index (κ3) is 3.23. The second kappa shape index (κ2) is 5.70. The summed E-state index contributed by atoms with van der Waals surface area (Å²) in [6.07, 6.45) is 2.66. The van der Waals surface area contributed by atoms with Crippen LogP contribution in [0.4, 0.5) is 0 Å². The molecule has 0 aromatic carbocycles. The number of quaternary nitrogens is 1. The molecule has 2 nitrogen and oxygen atoms in total. The topological polar surface area (TPSA) is 24.7 Å². The Morgan fingerprint density at radius 1 is 1.12 bits per heavy atom. The minimum absolute atomic E-state index is 0.188. The Morgan fingerprint density at radius 3 is 2.06 bits per heavy atom. The molecule has 0 saturated carbocycles. The highest BCUT2D eigenvalue weighted by Gasteiger charge is 2.32. The Hall–Kier alpha value is -0.520. The van der Waals surface area contributed by atoms with E-state index in [0.29, 0.717) is 0 Å². The molecule has 1 heterocycles. The fourth-order valence-corrected chi connectivity index (χ4v) is 2.32. The van der Waals surface area contributed by atoms with Gasteiger partial charge in [-0.05, 0) is 17.8 Å². The summed E-state index contributed by atoms with van der Waals surface area (Å²) < 4.78 is 0. The van der Waals surface area contributed by atoms with E-state index in [4.69, 9.17) is 0 Å². The molecule has 0 spiro atoms. The average Bonchev–Trinajstić information content (AvgIpc) is 2.69. The fraction of sp³-hybridized carbons (Fsp3) is 0.857. The summed E-state index contributed by atoms with van der Waals surface area (Å²) >= 11 is 0. The van der Waals surface area contributed by atoms with Crippen LogP contribution in [0.15, 0.2) is 0 Å². The van der Waals surface area contributed by atoms with Crippen molar-refractivity contribution >= 4 is 0 Å². The molecule has 0 amide bonds. The molecule has 1 aliphatic heterocycles. The SMILES string of the molecule is CC(C)C(O)(C#CC[NH+]1CCCC1)C(C)C. The average molecular weight is 224 g/mol. The lowest BCUT2D eigenvalue weighted by Crippen LogP contribution is -3.09. The van der Waals surface area contributed by atoms with Crippen molar-refractivity contribution in [3.05, 3.63) is 0 Å². The second-order valence-electron chi connectivity index (χ2n) is 5.57. The van der Waals surface area contributed by atoms with Crippen molar-refractivity contribution in [3.8, 4) is 11.8 Å². The Balaban J connectivity index is 2.57. The van der Waals surface area contributed by atoms with E-state index in [1.54, 1.807) is 4.90 Å². The summed E-state index contributed by atoms with van der Waals surface area (Å²) in [4.78, 5) is 1.57. The van der Waals surface area contributed by atoms with Crippen LogP contribution >= 0.6 is 0 Å². The number of rotatable bonds is 3. The molecule has 16 heavy (non-hydrogen) atoms. The van der Waals surface area contributed by atoms with Gasteiger partial charge in [0, 0.05) is 12.8 Å². The van der Waals surface area contributed by atoms with Crippen LogP contribution in [0.1, 0.15) is 40.5 Å². The van der Waals surface area contributed by atoms with Crippen LogP contribution in [0.5, 0.6) is 0 Å². The van der Waals surface area contributed by atoms with Gasteiger partial charge in [0.15, 0.2) is 0 Å². The van der Waals surface area contributed by atoms with Gasteiger partial charge >= 0.3 is 0 Å². The summed E-state index contributed by atoms with van der Waals surface area (Å²) in [5, 5.41) is 10.5. The van der Waals surface area contributed by atoms with E-state index < -0.39 is 5.60 Å². The Labute approximate surface area is 100 Å². The quantitative estimate of drug-likeness (QED) is 0.678. The van der Waals surface area contributed by atoms with Gasteiger partial charge in [-0.25, -0.2) is 0 Å². The first-order valence-corrected chi connectivity index (χ1v) is 6.52. The maximum Gasteiger partial charge on any atom is 0.139 e. The lowest BCUT2D eigenvalue weighted by atomic mass is 9.81. The first-order valence-electron chi connectivity index (χ1n) is 6.52. The maximum absolute atomic E-state index is 10.5. The molecule has 0 aliphatic carbocycles. The van der Waals surface area contributed by atoms with Gasteiger partial charge in [0.1, 0.15) is 12.1 Å². The molecule has 0 radical (unpaired) electrons. The zero-order valence-electron chi connectivity index (χ0n) is 11.1. The van der Waals surface area contributed by atoms with Gasteiger partial charge in [-0.1, -0.05) is 33.6 Å². The largest absolute Gasteiger partial charge is 0.377 e. The number of hydrogen-bond donors (Lipinski definition) is 2. The van der Waals surface area contributed by atoms with Crippen molar-refractivity contribution < 1.29 is 10.0 Å². The summed E-state index contributed by atoms with van der Waals surface area (Å²) in [6.45, 7) is 11.5. The normalized spacial score (nSPS) is 17.9. The molecule has 0 aromatic heterocycles. The fourth-order valence-electron chi connectivity index (χ4n) is 2.32. The van der Waals surface area contributed by atoms with E-state index in [-0.39, 0.29) is 11.8 Å². The standard InChI is InChI=1S/C14H25NO/c1-12(2)14(16,13(3)4)8-7-11-15-9-5-6-10-15/h12-13,16H,5-6,9-11H2,1-4H3/p+1. The highest BCUT2D eigenvalue weighted by atomic mass is 16.3. The summed E-state index contributed by atoms with van der Waals surface area (Å²) in [7, 11) is 0. The van der Waals surface area contributed by atoms with Crippen molar-refractivity contribution in [1.29, 1.82) is 0 Å². The van der Waals surface area contributed by atoms with Crippen molar-refractivity contribution in [2.75, 3.05) is 19.6 Å². The molecule has 1 saturated heterocycles. The van der Waals surface area contributed by atoms with Crippen LogP contribution in [0, 0.1) is 23.7 Å². The predicted octanol–water partition coefficient (Wildman–Crippen LogP) is 0.712. The van der Waals surface area contributed by atoms with Crippen molar-refractivity contribution in [3.63, 3.8) is 0 Å². The van der Waals surface area contributed by atoms with E-state index >= 15 is 0 Å². The third-order valence-electron chi connectivity index (χ3n) is 3.70. The first-order chi connectivity index (χ1) is 7.47. The van der Waals surface area contributed by atoms with E-state index in [1.807, 2.05) is 27.7 Å². The molecule has 1 fully saturated rings. The smallest absolute Gasteiger partial charge is 0.139 e. The van der Waals surface area contributed by atoms with Crippen molar-refractivity contribution in [2.45, 2.75) is 46.1 Å². The van der Waals surface area contributed by atoms with Crippen LogP contribution in [0.25, 0.3) is 0 Å². The van der Waals surface area contributed by atoms with Crippen LogP contribution < -0.4 is 4.90 Å². The van der Waals surface area contributed by atoms with E-state index in [9.17, 15) is 5.11 Å². The lowest BCUT2D eigenvalue weighted by molar-refractivity contribution is -0.879. The van der Waals surface area contributed by atoms with Crippen LogP contribution in [-0.4, -0.2) is 30.3 Å². The van der Waals surface area contributed by atoms with Crippen LogP contribution in [0.2, 0.25) is 0 Å². The molecule has 1 aliphatic rings. The predicted molar refractivity (Wildman–Crippen MR) is 67.2 cm³/mol. The van der Waals surface area contributed by atoms with Gasteiger partial charge in [0.25, 0.3) is 0 Å². The van der Waals surface area contributed by atoms with Gasteiger partial charge in [0.05, 0.1) is 13.1 Å². The Kier molecular flexibility index (Phi) is 4.83. The van der Waals surface area contributed by atoms with Crippen LogP contribution in [0.3, 0.4) is 0 Å². The van der Waals surface area contributed by atoms with Crippen molar-refractivity contribution in [1.82, 2.24) is 0 Å². The minimum Gasteiger partial charge on any atom is -0.377 e. The van der Waals surface area contributed by atoms with Crippen LogP contribution in [-0.2, 0) is 0 Å². The van der Waals surface area contributed by atoms with Gasteiger partial charge < -0.3 is 10.0 Å². The van der Waals surface area contributed by atoms with Gasteiger partial charge in [0.2, 0.25) is 0 Å². The first kappa shape index (κ1) is 13.5. The molecule has 0 aromatic rings. The second-order valence-corrected chi connectivity index (χ2v) is 5.57. The molecule has 92 valence electrons. The molecule has 0 unspecified atom stereocenters. The molecular formula is C14H26NO+. The Morgan fingerprint density at radius 2 is 1.62 bits per heavy atom. The highest BCUT2D eigenvalue weighted by molar-refractivity contribution is 5.16. The van der Waals surface area contributed by atoms with E-state index in [1.165, 1.54) is 25.9 Å².